The lowest BCUT2D eigenvalue weighted by molar-refractivity contribution is -0.381. The molecule has 1 unspecified atom stereocenters. The van der Waals surface area contributed by atoms with Crippen LogP contribution in [0, 0.1) is 5.92 Å². The van der Waals surface area contributed by atoms with Crippen LogP contribution in [0.15, 0.2) is 107 Å². The summed E-state index contributed by atoms with van der Waals surface area (Å²) < 4.78 is 14.4. The van der Waals surface area contributed by atoms with Gasteiger partial charge >= 0.3 is 0 Å². The number of ether oxygens (including phenoxy) is 2. The number of H-pyrrole nitrogens is 1. The fraction of sp³-hybridized carbons (Fsp3) is 0.306. The van der Waals surface area contributed by atoms with E-state index in [1.165, 1.54) is 0 Å². The molecule has 0 saturated carbocycles. The Morgan fingerprint density at radius 1 is 1.25 bits per heavy atom. The van der Waals surface area contributed by atoms with E-state index in [2.05, 4.69) is 101 Å². The molecule has 0 radical (unpaired) electrons. The van der Waals surface area contributed by atoms with Crippen LogP contribution in [0.2, 0.25) is 0 Å². The molecule has 3 aromatic rings. The van der Waals surface area contributed by atoms with E-state index in [1.54, 1.807) is 19.3 Å². The van der Waals surface area contributed by atoms with Crippen molar-refractivity contribution in [3.8, 4) is 0 Å². The molecule has 8 nitrogen and oxygen atoms in total. The molecule has 8 heteroatoms. The molecule has 0 spiro atoms. The van der Waals surface area contributed by atoms with Crippen molar-refractivity contribution >= 4 is 33.8 Å². The highest BCUT2D eigenvalue weighted by atomic mass is 16.5. The van der Waals surface area contributed by atoms with Crippen LogP contribution in [0.3, 0.4) is 0 Å². The number of amidine groups is 2. The number of aromatic amines is 1. The molecule has 2 N–H and O–H groups in total. The Labute approximate surface area is 259 Å². The van der Waals surface area contributed by atoms with Gasteiger partial charge in [-0.25, -0.2) is 4.58 Å². The predicted molar refractivity (Wildman–Crippen MR) is 178 cm³/mol. The summed E-state index contributed by atoms with van der Waals surface area (Å²) in [6, 6.07) is 14.5. The zero-order valence-electron chi connectivity index (χ0n) is 26.3. The first-order valence-electron chi connectivity index (χ1n) is 14.9. The predicted octanol–water partition coefficient (Wildman–Crippen LogP) is 6.30. The molecule has 44 heavy (non-hydrogen) atoms. The van der Waals surface area contributed by atoms with Crippen LogP contribution in [0.5, 0.6) is 0 Å². The van der Waals surface area contributed by atoms with Gasteiger partial charge in [-0.15, -0.1) is 4.99 Å². The Morgan fingerprint density at radius 3 is 2.91 bits per heavy atom. The standard InChI is InChI=1S/C36H40N6O2/c1-7-8-9-12-25(2)26-13-10-14-27(21-26)35-39-32-23-34(43-6)33(44-20-11-19-41(3)4)18-16-30(32)36(42(35)5)38-29-15-17-31-28(22-29)24-37-40-31/h7-8,10,13-15,17,21-24,30H,1,11,16,18-20H2,2-6H3,(H,37,40)/p+1. The van der Waals surface area contributed by atoms with Crippen molar-refractivity contribution in [3.63, 3.8) is 0 Å². The second-order valence-corrected chi connectivity index (χ2v) is 11.2. The van der Waals surface area contributed by atoms with Gasteiger partial charge in [0.05, 0.1) is 38.2 Å². The number of methoxy groups -OCH3 is 1. The lowest BCUT2D eigenvalue weighted by Crippen LogP contribution is -2.47. The van der Waals surface area contributed by atoms with E-state index in [0.717, 1.165) is 88.0 Å². The Morgan fingerprint density at radius 2 is 2.11 bits per heavy atom. The summed E-state index contributed by atoms with van der Waals surface area (Å²) in [7, 11) is 7.93. The lowest BCUT2D eigenvalue weighted by atomic mass is 9.95. The molecule has 2 heterocycles. The van der Waals surface area contributed by atoms with Crippen LogP contribution in [0.25, 0.3) is 16.5 Å². The maximum atomic E-state index is 6.30. The Bertz CT molecular complexity index is 1770. The monoisotopic (exact) mass is 589 g/mol. The second kappa shape index (κ2) is 14.1. The van der Waals surface area contributed by atoms with Crippen LogP contribution >= 0.6 is 0 Å². The number of nitrogens with one attached hydrogen (secondary N) is 2. The van der Waals surface area contributed by atoms with Gasteiger partial charge in [0.15, 0.2) is 5.76 Å². The van der Waals surface area contributed by atoms with Gasteiger partial charge in [-0.05, 0) is 75.8 Å². The highest BCUT2D eigenvalue weighted by molar-refractivity contribution is 6.03. The smallest absolute Gasteiger partial charge is 0.249 e. The topological polar surface area (TPSA) is 77.8 Å². The second-order valence-electron chi connectivity index (χ2n) is 11.2. The van der Waals surface area contributed by atoms with Gasteiger partial charge in [-0.1, -0.05) is 36.3 Å². The van der Waals surface area contributed by atoms with E-state index >= 15 is 0 Å². The van der Waals surface area contributed by atoms with Crippen molar-refractivity contribution in [1.29, 1.82) is 0 Å². The molecule has 2 aromatic carbocycles. The molecule has 1 aliphatic heterocycles. The van der Waals surface area contributed by atoms with Gasteiger partial charge in [0.25, 0.3) is 0 Å². The number of nitrogens with zero attached hydrogens (tertiary/aromatic N) is 4. The normalized spacial score (nSPS) is 17.4. The third-order valence-corrected chi connectivity index (χ3v) is 7.79. The molecule has 226 valence electrons. The lowest BCUT2D eigenvalue weighted by Gasteiger charge is -2.26. The van der Waals surface area contributed by atoms with Gasteiger partial charge in [0.1, 0.15) is 17.4 Å². The van der Waals surface area contributed by atoms with Crippen molar-refractivity contribution in [2.24, 2.45) is 10.9 Å². The summed E-state index contributed by atoms with van der Waals surface area (Å²) in [6.45, 7) is 7.36. The Balaban J connectivity index is 1.59. The van der Waals surface area contributed by atoms with Gasteiger partial charge < -0.3 is 14.4 Å². The highest BCUT2D eigenvalue weighted by Gasteiger charge is 2.38. The van der Waals surface area contributed by atoms with Crippen LogP contribution in [0.1, 0.15) is 37.3 Å². The third kappa shape index (κ3) is 7.01. The van der Waals surface area contributed by atoms with E-state index < -0.39 is 0 Å². The zero-order chi connectivity index (χ0) is 31.1. The summed E-state index contributed by atoms with van der Waals surface area (Å²) >= 11 is 0. The maximum absolute atomic E-state index is 6.30. The van der Waals surface area contributed by atoms with Crippen molar-refractivity contribution in [2.45, 2.75) is 26.2 Å². The van der Waals surface area contributed by atoms with Crippen molar-refractivity contribution < 1.29 is 14.0 Å². The third-order valence-electron chi connectivity index (χ3n) is 7.79. The number of benzene rings is 2. The minimum atomic E-state index is 0.00797. The number of aliphatic imine (C=N–C) groups is 1. The first-order valence-corrected chi connectivity index (χ1v) is 14.9. The van der Waals surface area contributed by atoms with Gasteiger partial charge in [0.2, 0.25) is 11.7 Å². The largest absolute Gasteiger partial charge is 0.494 e. The van der Waals surface area contributed by atoms with E-state index in [1.807, 2.05) is 25.3 Å². The Kier molecular flexibility index (Phi) is 9.78. The van der Waals surface area contributed by atoms with Crippen molar-refractivity contribution in [1.82, 2.24) is 20.4 Å². The molecule has 1 atom stereocenters. The number of fused-ring (bicyclic) bond motifs is 2. The van der Waals surface area contributed by atoms with Gasteiger partial charge in [-0.3, -0.25) is 10.4 Å². The summed E-state index contributed by atoms with van der Waals surface area (Å²) in [5.41, 5.74) is 12.2. The highest BCUT2D eigenvalue weighted by Crippen LogP contribution is 2.33. The van der Waals surface area contributed by atoms with E-state index in [4.69, 9.17) is 14.5 Å². The fourth-order valence-corrected chi connectivity index (χ4v) is 5.46. The van der Waals surface area contributed by atoms with Crippen LogP contribution < -0.4 is 5.32 Å². The average molecular weight is 590 g/mol. The molecule has 1 aliphatic carbocycles. The molecular formula is C36H41N6O2+. The summed E-state index contributed by atoms with van der Waals surface area (Å²) in [4.78, 5) is 7.43. The molecule has 5 rings (SSSR count). The number of hydrogen-bond acceptors (Lipinski definition) is 6. The number of allylic oxidation sites excluding steroid dienone is 5. The molecule has 0 amide bonds. The molecular weight excluding hydrogens is 548 g/mol. The van der Waals surface area contributed by atoms with Gasteiger partial charge in [0, 0.05) is 35.6 Å². The minimum absolute atomic E-state index is 0.00797. The van der Waals surface area contributed by atoms with Crippen LogP contribution in [-0.2, 0) is 9.47 Å². The first-order chi connectivity index (χ1) is 21.4. The molecule has 2 aliphatic rings. The number of rotatable bonds is 10. The first kappa shape index (κ1) is 30.6. The Hall–Kier alpha value is -4.87. The summed E-state index contributed by atoms with van der Waals surface area (Å²) in [5, 5.41) is 12.0. The number of aromatic nitrogens is 2. The SMILES string of the molecule is C=CC=C=C=C(C)c1cccc(C2=[N+](C)C(=Nc3ccc4[nH]ncc4c3)C3CCC(OCCCN(C)C)=C(OC)C=C3N2)c1. The van der Waals surface area contributed by atoms with Crippen LogP contribution in [0.4, 0.5) is 5.69 Å². The fourth-order valence-electron chi connectivity index (χ4n) is 5.46. The molecule has 0 bridgehead atoms. The maximum Gasteiger partial charge on any atom is 0.249 e. The molecule has 1 aromatic heterocycles. The van der Waals surface area contributed by atoms with E-state index in [9.17, 15) is 0 Å². The van der Waals surface area contributed by atoms with Crippen LogP contribution in [-0.4, -0.2) is 72.7 Å². The van der Waals surface area contributed by atoms with Crippen molar-refractivity contribution in [3.05, 3.63) is 113 Å². The number of hydrogen-bond donors (Lipinski definition) is 2. The van der Waals surface area contributed by atoms with E-state index in [-0.39, 0.29) is 5.92 Å². The van der Waals surface area contributed by atoms with Gasteiger partial charge in [-0.2, -0.15) is 5.10 Å². The molecule has 0 fully saturated rings. The van der Waals surface area contributed by atoms with Crippen molar-refractivity contribution in [2.75, 3.05) is 41.4 Å². The quantitative estimate of drug-likeness (QED) is 0.126. The minimum Gasteiger partial charge on any atom is -0.494 e. The van der Waals surface area contributed by atoms with E-state index in [0.29, 0.717) is 6.61 Å². The molecule has 0 saturated heterocycles. The zero-order valence-corrected chi connectivity index (χ0v) is 26.3. The average Bonchev–Trinajstić information content (AvgIpc) is 3.42. The summed E-state index contributed by atoms with van der Waals surface area (Å²) in [6.07, 6.45) is 9.86. The summed E-state index contributed by atoms with van der Waals surface area (Å²) in [5.74, 6) is 3.51.